The predicted molar refractivity (Wildman–Crippen MR) is 351 cm³/mol. The fraction of sp³-hybridized carbons (Fsp3) is 0.0390. The highest BCUT2D eigenvalue weighted by atomic mass is 19.1. The third kappa shape index (κ3) is 7.40. The second-order valence-corrected chi connectivity index (χ2v) is 22.6. The lowest BCUT2D eigenvalue weighted by Crippen LogP contribution is -2.18. The van der Waals surface area contributed by atoms with Crippen molar-refractivity contribution in [1.29, 1.82) is 0 Å². The molecule has 17 aromatic rings. The molecule has 0 bridgehead atoms. The van der Waals surface area contributed by atoms with Gasteiger partial charge in [0.05, 0.1) is 55.5 Å². The summed E-state index contributed by atoms with van der Waals surface area (Å²) in [5.41, 5.74) is 18.7. The Morgan fingerprint density at radius 3 is 0.779 bits per heavy atom. The summed E-state index contributed by atoms with van der Waals surface area (Å²) < 4.78 is 30.5. The van der Waals surface area contributed by atoms with E-state index in [-0.39, 0.29) is 11.7 Å². The maximum atomic E-state index is 21.3. The van der Waals surface area contributed by atoms with Gasteiger partial charge in [-0.2, -0.15) is 0 Å². The Hall–Kier alpha value is -11.3. The highest BCUT2D eigenvalue weighted by Gasteiger charge is 2.36. The third-order valence-corrected chi connectivity index (χ3v) is 17.5. The Kier molecular flexibility index (Phi) is 11.1. The molecular weight excluding hydrogens is 1060 g/mol. The zero-order chi connectivity index (χ0) is 57.1. The van der Waals surface area contributed by atoms with E-state index < -0.39 is 0 Å². The van der Waals surface area contributed by atoms with Gasteiger partial charge in [-0.05, 0) is 125 Å². The summed E-state index contributed by atoms with van der Waals surface area (Å²) in [5, 5.41) is 8.20. The van der Waals surface area contributed by atoms with Gasteiger partial charge >= 0.3 is 0 Å². The number of pyridine rings is 4. The molecule has 0 radical (unpaired) electrons. The second kappa shape index (κ2) is 19.4. The van der Waals surface area contributed by atoms with Crippen LogP contribution in [0.3, 0.4) is 0 Å². The Morgan fingerprint density at radius 1 is 0.267 bits per heavy atom. The van der Waals surface area contributed by atoms with Gasteiger partial charge in [0.15, 0.2) is 5.82 Å². The Balaban J connectivity index is 1.12. The molecule has 0 saturated carbocycles. The molecule has 9 heteroatoms. The Labute approximate surface area is 493 Å². The Morgan fingerprint density at radius 2 is 0.523 bits per heavy atom. The van der Waals surface area contributed by atoms with Crippen LogP contribution in [0, 0.1) is 5.82 Å². The highest BCUT2D eigenvalue weighted by molar-refractivity contribution is 6.16. The van der Waals surface area contributed by atoms with Gasteiger partial charge in [-0.15, -0.1) is 0 Å². The minimum absolute atomic E-state index is 0.229. The number of aromatic nitrogens is 8. The predicted octanol–water partition coefficient (Wildman–Crippen LogP) is 19.6. The molecule has 0 saturated heterocycles. The molecule has 0 aliphatic heterocycles. The number of rotatable bonds is 9. The molecule has 9 aromatic carbocycles. The first-order valence-corrected chi connectivity index (χ1v) is 29.1. The fourth-order valence-corrected chi connectivity index (χ4v) is 13.8. The molecule has 406 valence electrons. The normalized spacial score (nSPS) is 12.0. The smallest absolute Gasteiger partial charge is 0.175 e. The zero-order valence-corrected chi connectivity index (χ0v) is 46.9. The van der Waals surface area contributed by atoms with Crippen LogP contribution in [-0.2, 0) is 0 Å². The van der Waals surface area contributed by atoms with Crippen molar-refractivity contribution in [2.45, 2.75) is 19.8 Å². The van der Waals surface area contributed by atoms with Crippen molar-refractivity contribution in [3.63, 3.8) is 0 Å². The van der Waals surface area contributed by atoms with E-state index in [9.17, 15) is 0 Å². The third-order valence-electron chi connectivity index (χ3n) is 17.5. The maximum absolute atomic E-state index is 21.3. The van der Waals surface area contributed by atoms with Crippen LogP contribution in [0.5, 0.6) is 0 Å². The summed E-state index contributed by atoms with van der Waals surface area (Å²) in [6.07, 6.45) is 14.9. The molecular formula is C77H51FN8. The van der Waals surface area contributed by atoms with Gasteiger partial charge in [-0.1, -0.05) is 135 Å². The van der Waals surface area contributed by atoms with Crippen LogP contribution in [0.25, 0.3) is 154 Å². The van der Waals surface area contributed by atoms with Gasteiger partial charge in [0.1, 0.15) is 11.4 Å². The van der Waals surface area contributed by atoms with Crippen LogP contribution >= 0.6 is 0 Å². The number of fused-ring (bicyclic) bond motifs is 12. The molecule has 86 heavy (non-hydrogen) atoms. The van der Waals surface area contributed by atoms with E-state index in [1.54, 1.807) is 0 Å². The van der Waals surface area contributed by atoms with Crippen molar-refractivity contribution in [3.05, 3.63) is 279 Å². The lowest BCUT2D eigenvalue weighted by atomic mass is 9.94. The average Bonchev–Trinajstić information content (AvgIpc) is 1.50. The van der Waals surface area contributed by atoms with Crippen molar-refractivity contribution >= 4 is 87.2 Å². The molecule has 0 unspecified atom stereocenters. The summed E-state index contributed by atoms with van der Waals surface area (Å²) in [5.74, 6) is -0.603. The molecule has 0 aliphatic carbocycles. The summed E-state index contributed by atoms with van der Waals surface area (Å²) in [7, 11) is 0. The van der Waals surface area contributed by atoms with Gasteiger partial charge < -0.3 is 18.3 Å². The molecule has 0 amide bonds. The molecule has 0 atom stereocenters. The standard InChI is InChI=1S/C77H51FN8/c1-47(2)72-74(83-68-31-27-48(52-15-11-35-79-43-52)39-60(68)61-40-49(28-32-69(61)83)53-16-12-36-80-44-53)76(85-64-23-7-3-19-56(64)57-20-4-8-24-65(57)85)73(78)77(86-66-25-9-5-21-58(66)59-22-6-10-26-67(59)86)75(72)84-70-33-29-50(54-17-13-37-81-45-54)41-62(70)63-42-51(30-34-71(63)84)55-18-14-38-82-46-55/h3-47H,1-2H3. The van der Waals surface area contributed by atoms with Gasteiger partial charge in [-0.3, -0.25) is 19.9 Å². The van der Waals surface area contributed by atoms with Crippen LogP contribution in [0.4, 0.5) is 4.39 Å². The van der Waals surface area contributed by atoms with Gasteiger partial charge in [0.2, 0.25) is 0 Å². The van der Waals surface area contributed by atoms with Crippen molar-refractivity contribution in [2.75, 3.05) is 0 Å². The van der Waals surface area contributed by atoms with Gasteiger partial charge in [-0.25, -0.2) is 4.39 Å². The highest BCUT2D eigenvalue weighted by Crippen LogP contribution is 2.51. The lowest BCUT2D eigenvalue weighted by molar-refractivity contribution is 0.609. The monoisotopic (exact) mass is 1110 g/mol. The SMILES string of the molecule is CC(C)c1c(-n2c3ccc(-c4cccnc4)cc3c3cc(-c4cccnc4)ccc32)c(-n2c3ccccc3c3ccccc32)c(F)c(-n2c3ccccc3c3ccccc32)c1-n1c2ccc(-c3cccnc3)cc2c2cc(-c3cccnc3)ccc21. The molecule has 0 N–H and O–H groups in total. The number of hydrogen-bond donors (Lipinski definition) is 0. The number of halogens is 1. The Bertz CT molecular complexity index is 4920. The molecule has 8 aromatic heterocycles. The lowest BCUT2D eigenvalue weighted by Gasteiger charge is -2.30. The molecule has 0 spiro atoms. The summed E-state index contributed by atoms with van der Waals surface area (Å²) in [6.45, 7) is 4.55. The topological polar surface area (TPSA) is 71.3 Å². The largest absolute Gasteiger partial charge is 0.307 e. The number of hydrogen-bond acceptors (Lipinski definition) is 4. The summed E-state index contributed by atoms with van der Waals surface area (Å²) in [4.78, 5) is 18.2. The van der Waals surface area contributed by atoms with E-state index >= 15 is 4.39 Å². The van der Waals surface area contributed by atoms with E-state index in [0.717, 1.165) is 149 Å². The molecule has 0 aliphatic rings. The molecule has 8 heterocycles. The van der Waals surface area contributed by atoms with Crippen molar-refractivity contribution in [3.8, 4) is 67.3 Å². The minimum Gasteiger partial charge on any atom is -0.307 e. The van der Waals surface area contributed by atoms with Crippen LogP contribution in [0.2, 0.25) is 0 Å². The van der Waals surface area contributed by atoms with Crippen molar-refractivity contribution in [2.24, 2.45) is 0 Å². The van der Waals surface area contributed by atoms with Crippen molar-refractivity contribution < 1.29 is 4.39 Å². The van der Waals surface area contributed by atoms with E-state index in [0.29, 0.717) is 11.4 Å². The number of nitrogens with zero attached hydrogens (tertiary/aromatic N) is 8. The minimum atomic E-state index is -0.375. The molecule has 8 nitrogen and oxygen atoms in total. The summed E-state index contributed by atoms with van der Waals surface area (Å²) >= 11 is 0. The summed E-state index contributed by atoms with van der Waals surface area (Å²) in [6, 6.07) is 76.9. The van der Waals surface area contributed by atoms with E-state index in [4.69, 9.17) is 0 Å². The van der Waals surface area contributed by atoms with Gasteiger partial charge in [0.25, 0.3) is 0 Å². The van der Waals surface area contributed by atoms with Gasteiger partial charge in [0, 0.05) is 120 Å². The fourth-order valence-electron chi connectivity index (χ4n) is 13.8. The quantitative estimate of drug-likeness (QED) is 0.144. The maximum Gasteiger partial charge on any atom is 0.175 e. The van der Waals surface area contributed by atoms with Crippen molar-refractivity contribution in [1.82, 2.24) is 38.2 Å². The van der Waals surface area contributed by atoms with Crippen LogP contribution in [-0.4, -0.2) is 38.2 Å². The molecule has 0 fully saturated rings. The average molecular weight is 1110 g/mol. The first kappa shape index (κ1) is 49.3. The first-order valence-electron chi connectivity index (χ1n) is 29.1. The van der Waals surface area contributed by atoms with E-state index in [1.807, 2.05) is 73.8 Å². The van der Waals surface area contributed by atoms with Crippen LogP contribution in [0.1, 0.15) is 25.3 Å². The van der Waals surface area contributed by atoms with Crippen LogP contribution in [0.15, 0.2) is 268 Å². The van der Waals surface area contributed by atoms with E-state index in [1.165, 1.54) is 0 Å². The second-order valence-electron chi connectivity index (χ2n) is 22.6. The molecule has 17 rings (SSSR count). The first-order chi connectivity index (χ1) is 42.5. The number of benzene rings is 9. The zero-order valence-electron chi connectivity index (χ0n) is 46.9. The number of para-hydroxylation sites is 4. The van der Waals surface area contributed by atoms with E-state index in [2.05, 4.69) is 246 Å². The van der Waals surface area contributed by atoms with Crippen LogP contribution < -0.4 is 0 Å².